The molecular formula is C28H28N2O11. The van der Waals surface area contributed by atoms with Crippen LogP contribution in [0.1, 0.15) is 49.3 Å². The molecule has 0 amide bonds. The van der Waals surface area contributed by atoms with Gasteiger partial charge in [-0.2, -0.15) is 0 Å². The summed E-state index contributed by atoms with van der Waals surface area (Å²) in [5.74, 6) is -2.74. The number of carboxylic acids is 1. The third kappa shape index (κ3) is 3.95. The summed E-state index contributed by atoms with van der Waals surface area (Å²) >= 11 is 0. The molecule has 5 heterocycles. The lowest BCUT2D eigenvalue weighted by atomic mass is 9.86. The van der Waals surface area contributed by atoms with E-state index < -0.39 is 73.6 Å². The van der Waals surface area contributed by atoms with Gasteiger partial charge in [0.25, 0.3) is 5.56 Å². The molecule has 3 aliphatic heterocycles. The maximum atomic E-state index is 13.7. The molecule has 216 valence electrons. The molecule has 0 bridgehead atoms. The van der Waals surface area contributed by atoms with E-state index in [4.69, 9.17) is 21.1 Å². The first kappa shape index (κ1) is 21.8. The lowest BCUT2D eigenvalue weighted by Gasteiger charge is -2.38. The van der Waals surface area contributed by atoms with Gasteiger partial charge in [-0.3, -0.25) is 4.79 Å². The average Bonchev–Trinajstić information content (AvgIpc) is 3.35. The average molecular weight is 574 g/mol. The van der Waals surface area contributed by atoms with Crippen LogP contribution in [0.3, 0.4) is 0 Å². The minimum absolute atomic E-state index is 0.0131. The van der Waals surface area contributed by atoms with Gasteiger partial charge in [-0.15, -0.1) is 0 Å². The highest BCUT2D eigenvalue weighted by molar-refractivity contribution is 5.90. The number of esters is 1. The number of cyclic esters (lactones) is 1. The molecular weight excluding hydrogens is 540 g/mol. The Morgan fingerprint density at radius 1 is 1.22 bits per heavy atom. The SMILES string of the molecule is [2H]C([2H])([2H])C([2H])([2H])c1c2c(nc3ccc(O[C@@H]4O[C@H](C(=O)O)[C@@H](O)[C@H](O)[C@H]4O)cc13)-c1cc3c(c(=O)n1C2)COC(=O)[C@]3(O)CC. The minimum atomic E-state index is -3.23. The predicted octanol–water partition coefficient (Wildman–Crippen LogP) is -0.0870. The van der Waals surface area contributed by atoms with E-state index in [0.29, 0.717) is 0 Å². The Kier molecular flexibility index (Phi) is 5.11. The first-order valence-electron chi connectivity index (χ1n) is 15.2. The third-order valence-corrected chi connectivity index (χ3v) is 7.85. The minimum Gasteiger partial charge on any atom is -0.479 e. The zero-order chi connectivity index (χ0) is 33.7. The lowest BCUT2D eigenvalue weighted by molar-refractivity contribution is -0.271. The molecule has 13 heteroatoms. The van der Waals surface area contributed by atoms with Gasteiger partial charge in [-0.25, -0.2) is 14.6 Å². The second-order valence-corrected chi connectivity index (χ2v) is 10.1. The van der Waals surface area contributed by atoms with Gasteiger partial charge in [0.15, 0.2) is 11.7 Å². The van der Waals surface area contributed by atoms with Crippen molar-refractivity contribution in [2.45, 2.75) is 76.0 Å². The fraction of sp³-hybridized carbons (Fsp3) is 0.429. The molecule has 41 heavy (non-hydrogen) atoms. The van der Waals surface area contributed by atoms with Crippen molar-refractivity contribution in [1.29, 1.82) is 0 Å². The second kappa shape index (κ2) is 9.60. The number of rotatable bonds is 5. The van der Waals surface area contributed by atoms with E-state index >= 15 is 0 Å². The molecule has 2 aromatic heterocycles. The number of pyridine rings is 2. The number of carbonyl (C=O) groups excluding carboxylic acids is 1. The number of carbonyl (C=O) groups is 2. The zero-order valence-corrected chi connectivity index (χ0v) is 21.4. The molecule has 1 saturated heterocycles. The number of nitrogens with zero attached hydrogens (tertiary/aromatic N) is 2. The Morgan fingerprint density at radius 2 is 2.00 bits per heavy atom. The van der Waals surface area contributed by atoms with Crippen LogP contribution in [0.25, 0.3) is 22.3 Å². The second-order valence-electron chi connectivity index (χ2n) is 10.1. The van der Waals surface area contributed by atoms with Crippen molar-refractivity contribution >= 4 is 22.8 Å². The normalized spacial score (nSPS) is 31.0. The molecule has 3 aromatic rings. The highest BCUT2D eigenvalue weighted by Crippen LogP contribution is 2.41. The molecule has 6 rings (SSSR count). The molecule has 0 radical (unpaired) electrons. The summed E-state index contributed by atoms with van der Waals surface area (Å²) in [6.45, 7) is -2.42. The molecule has 0 aliphatic carbocycles. The van der Waals surface area contributed by atoms with E-state index in [1.807, 2.05) is 0 Å². The smallest absolute Gasteiger partial charge is 0.343 e. The van der Waals surface area contributed by atoms with Crippen LogP contribution in [-0.4, -0.2) is 77.7 Å². The van der Waals surface area contributed by atoms with Crippen LogP contribution in [0.4, 0.5) is 0 Å². The van der Waals surface area contributed by atoms with E-state index in [0.717, 1.165) is 0 Å². The Labute approximate surface area is 239 Å². The molecule has 13 nitrogen and oxygen atoms in total. The number of hydrogen-bond donors (Lipinski definition) is 5. The van der Waals surface area contributed by atoms with E-state index in [1.54, 1.807) is 0 Å². The molecule has 3 aliphatic rings. The van der Waals surface area contributed by atoms with E-state index in [2.05, 4.69) is 4.98 Å². The van der Waals surface area contributed by atoms with Crippen molar-refractivity contribution in [2.24, 2.45) is 0 Å². The van der Waals surface area contributed by atoms with E-state index in [1.165, 1.54) is 35.8 Å². The monoisotopic (exact) mass is 573 g/mol. The first-order valence-corrected chi connectivity index (χ1v) is 12.7. The summed E-state index contributed by atoms with van der Waals surface area (Å²) in [6, 6.07) is 5.22. The maximum absolute atomic E-state index is 13.7. The van der Waals surface area contributed by atoms with Gasteiger partial charge in [0.1, 0.15) is 30.7 Å². The number of aliphatic hydroxyl groups excluding tert-OH is 3. The van der Waals surface area contributed by atoms with Gasteiger partial charge < -0.3 is 44.3 Å². The van der Waals surface area contributed by atoms with Crippen molar-refractivity contribution in [3.05, 3.63) is 56.9 Å². The number of benzene rings is 1. The summed E-state index contributed by atoms with van der Waals surface area (Å²) in [5, 5.41) is 51.0. The van der Waals surface area contributed by atoms with Crippen LogP contribution in [0.2, 0.25) is 0 Å². The maximum Gasteiger partial charge on any atom is 0.343 e. The predicted molar refractivity (Wildman–Crippen MR) is 139 cm³/mol. The van der Waals surface area contributed by atoms with Crippen molar-refractivity contribution in [2.75, 3.05) is 0 Å². The lowest BCUT2D eigenvalue weighted by Crippen LogP contribution is -2.61. The van der Waals surface area contributed by atoms with Crippen LogP contribution in [0.15, 0.2) is 29.1 Å². The molecule has 0 saturated carbocycles. The number of aryl methyl sites for hydroxylation is 1. The topological polar surface area (TPSA) is 198 Å². The van der Waals surface area contributed by atoms with Gasteiger partial charge >= 0.3 is 11.9 Å². The number of aromatic nitrogens is 2. The molecule has 5 N–H and O–H groups in total. The highest BCUT2D eigenvalue weighted by Gasteiger charge is 2.48. The van der Waals surface area contributed by atoms with Crippen LogP contribution in [0.5, 0.6) is 5.75 Å². The number of aliphatic hydroxyl groups is 4. The van der Waals surface area contributed by atoms with Gasteiger partial charge in [0, 0.05) is 23.4 Å². The fourth-order valence-corrected chi connectivity index (χ4v) is 5.56. The Hall–Kier alpha value is -3.88. The largest absolute Gasteiger partial charge is 0.479 e. The third-order valence-electron chi connectivity index (χ3n) is 7.85. The highest BCUT2D eigenvalue weighted by atomic mass is 16.7. The van der Waals surface area contributed by atoms with Crippen LogP contribution in [-0.2, 0) is 44.2 Å². The van der Waals surface area contributed by atoms with Crippen molar-refractivity contribution in [3.63, 3.8) is 0 Å². The molecule has 1 fully saturated rings. The van der Waals surface area contributed by atoms with Crippen LogP contribution >= 0.6 is 0 Å². The summed E-state index contributed by atoms with van der Waals surface area (Å²) in [6.07, 6.45) is -12.8. The van der Waals surface area contributed by atoms with Crippen molar-refractivity contribution in [3.8, 4) is 17.1 Å². The van der Waals surface area contributed by atoms with Gasteiger partial charge in [0.2, 0.25) is 6.29 Å². The van der Waals surface area contributed by atoms with Gasteiger partial charge in [0.05, 0.1) is 29.0 Å². The van der Waals surface area contributed by atoms with E-state index in [9.17, 15) is 39.9 Å². The number of ether oxygens (including phenoxy) is 3. The van der Waals surface area contributed by atoms with Gasteiger partial charge in [-0.1, -0.05) is 13.8 Å². The zero-order valence-electron chi connectivity index (χ0n) is 26.4. The molecule has 6 atom stereocenters. The number of carboxylic acid groups (broad SMARTS) is 1. The van der Waals surface area contributed by atoms with Crippen molar-refractivity contribution in [1.82, 2.24) is 9.55 Å². The summed E-state index contributed by atoms with van der Waals surface area (Å²) in [7, 11) is 0. The first-order chi connectivity index (χ1) is 21.4. The number of aliphatic carboxylic acids is 1. The quantitative estimate of drug-likeness (QED) is 0.199. The van der Waals surface area contributed by atoms with Crippen LogP contribution in [0, 0.1) is 0 Å². The molecule has 0 unspecified atom stereocenters. The Bertz CT molecular complexity index is 1860. The Balaban J connectivity index is 1.53. The molecule has 0 spiro atoms. The van der Waals surface area contributed by atoms with Gasteiger partial charge in [-0.05, 0) is 42.6 Å². The van der Waals surface area contributed by atoms with Crippen LogP contribution < -0.4 is 10.3 Å². The molecule has 1 aromatic carbocycles. The summed E-state index contributed by atoms with van der Waals surface area (Å²) < 4.78 is 58.7. The summed E-state index contributed by atoms with van der Waals surface area (Å²) in [4.78, 5) is 42.3. The number of fused-ring (bicyclic) bond motifs is 5. The fourth-order valence-electron chi connectivity index (χ4n) is 5.56. The van der Waals surface area contributed by atoms with Crippen molar-refractivity contribution < 1.29 is 56.2 Å². The summed E-state index contributed by atoms with van der Waals surface area (Å²) in [5.41, 5.74) is -2.84. The standard InChI is InChI=1S/C28H28N2O11/c1-3-12-13-7-11(40-26-22(33)20(31)21(32)23(41-26)25(35)36)5-6-17(13)29-19-14(12)9-30-18(19)8-16-15(24(30)34)10-39-27(37)28(16,38)4-2/h5-8,20-23,26,31-33,38H,3-4,9-10H2,1-2H3,(H,35,36)/t20-,21-,22+,23-,26+,28-/m0/s1/i1D3,3D2. The number of hydrogen-bond acceptors (Lipinski definition) is 11. The van der Waals surface area contributed by atoms with E-state index in [-0.39, 0.29) is 63.3 Å². The Morgan fingerprint density at radius 3 is 2.71 bits per heavy atom.